The van der Waals surface area contributed by atoms with E-state index in [2.05, 4.69) is 68.2 Å². The summed E-state index contributed by atoms with van der Waals surface area (Å²) in [6.07, 6.45) is 4.83. The monoisotopic (exact) mass is 451 g/mol. The number of fused-ring (bicyclic) bond motifs is 1. The summed E-state index contributed by atoms with van der Waals surface area (Å²) >= 11 is 0. The highest BCUT2D eigenvalue weighted by atomic mass is 16.1. The van der Waals surface area contributed by atoms with Gasteiger partial charge < -0.3 is 20.4 Å². The lowest BCUT2D eigenvalue weighted by Crippen LogP contribution is -2.47. The molecule has 0 atom stereocenters. The number of anilines is 3. The van der Waals surface area contributed by atoms with Crippen molar-refractivity contribution in [3.63, 3.8) is 0 Å². The predicted octanol–water partition coefficient (Wildman–Crippen LogP) is 4.73. The first-order chi connectivity index (χ1) is 16.7. The topological polar surface area (TPSA) is 66.0 Å². The number of aromatic nitrogens is 1. The molecule has 172 valence electrons. The summed E-state index contributed by atoms with van der Waals surface area (Å²) in [7, 11) is 0. The molecule has 2 fully saturated rings. The Kier molecular flexibility index (Phi) is 5.23. The minimum Gasteiger partial charge on any atom is -0.369 e. The number of nitrogens with zero attached hydrogens (tertiary/aromatic N) is 3. The van der Waals surface area contributed by atoms with E-state index in [-0.39, 0.29) is 0 Å². The normalized spacial score (nSPS) is 16.6. The molecule has 0 unspecified atom stereocenters. The third-order valence-electron chi connectivity index (χ3n) is 7.05. The lowest BCUT2D eigenvalue weighted by Gasteiger charge is -2.36. The summed E-state index contributed by atoms with van der Waals surface area (Å²) in [5.41, 5.74) is 12.5. The van der Waals surface area contributed by atoms with Crippen LogP contribution in [0.1, 0.15) is 23.2 Å². The molecule has 1 aliphatic heterocycles. The van der Waals surface area contributed by atoms with E-state index in [1.165, 1.54) is 31.6 Å². The van der Waals surface area contributed by atoms with Crippen molar-refractivity contribution in [3.8, 4) is 11.3 Å². The van der Waals surface area contributed by atoms with Gasteiger partial charge in [-0.1, -0.05) is 12.1 Å². The van der Waals surface area contributed by atoms with E-state index in [0.717, 1.165) is 47.3 Å². The zero-order chi connectivity index (χ0) is 23.1. The summed E-state index contributed by atoms with van der Waals surface area (Å²) in [4.78, 5) is 16.5. The molecule has 1 saturated heterocycles. The standard InChI is InChI=1S/C28H29N5O/c29-28(34)21-5-3-20(4-6-21)26-14-13-25(27-2-1-15-33(26)27)30-22-7-9-23(10-8-22)31-16-18-32(19-17-31)24-11-12-24/h1-10,13-15,24,30H,11-12,16-19H2,(H2,29,34). The van der Waals surface area contributed by atoms with Crippen LogP contribution in [0.4, 0.5) is 17.1 Å². The number of rotatable bonds is 6. The van der Waals surface area contributed by atoms with Crippen LogP contribution in [0.2, 0.25) is 0 Å². The van der Waals surface area contributed by atoms with Crippen LogP contribution in [0.15, 0.2) is 79.0 Å². The molecule has 6 rings (SSSR count). The number of amides is 1. The van der Waals surface area contributed by atoms with E-state index in [1.54, 1.807) is 12.1 Å². The van der Waals surface area contributed by atoms with Gasteiger partial charge in [0, 0.05) is 55.4 Å². The molecular weight excluding hydrogens is 422 g/mol. The molecule has 1 saturated carbocycles. The van der Waals surface area contributed by atoms with Crippen LogP contribution in [0, 0.1) is 0 Å². The van der Waals surface area contributed by atoms with Gasteiger partial charge in [0.25, 0.3) is 0 Å². The van der Waals surface area contributed by atoms with Gasteiger partial charge in [-0.3, -0.25) is 9.69 Å². The zero-order valence-corrected chi connectivity index (χ0v) is 19.2. The highest BCUT2D eigenvalue weighted by Gasteiger charge is 2.31. The molecule has 6 nitrogen and oxygen atoms in total. The Hall–Kier alpha value is -3.77. The Morgan fingerprint density at radius 3 is 2.26 bits per heavy atom. The number of carbonyl (C=O) groups is 1. The number of pyridine rings is 1. The SMILES string of the molecule is NC(=O)c1ccc(-c2ccc(Nc3ccc(N4CCN(C5CC5)CC4)cc3)c3cccn23)cc1. The van der Waals surface area contributed by atoms with Crippen molar-refractivity contribution in [2.45, 2.75) is 18.9 Å². The first-order valence-electron chi connectivity index (χ1n) is 12.0. The second-order valence-corrected chi connectivity index (χ2v) is 9.26. The Morgan fingerprint density at radius 1 is 0.853 bits per heavy atom. The van der Waals surface area contributed by atoms with Crippen molar-refractivity contribution in [2.24, 2.45) is 5.73 Å². The minimum atomic E-state index is -0.413. The maximum Gasteiger partial charge on any atom is 0.248 e. The molecule has 2 aliphatic rings. The fraction of sp³-hybridized carbons (Fsp3) is 0.250. The van der Waals surface area contributed by atoms with Crippen molar-refractivity contribution in [1.82, 2.24) is 9.30 Å². The Bertz CT molecular complexity index is 1310. The van der Waals surface area contributed by atoms with Crippen LogP contribution in [-0.4, -0.2) is 47.4 Å². The highest BCUT2D eigenvalue weighted by molar-refractivity contribution is 5.93. The Morgan fingerprint density at radius 2 is 1.59 bits per heavy atom. The smallest absolute Gasteiger partial charge is 0.248 e. The molecule has 2 aromatic carbocycles. The molecule has 6 heteroatoms. The molecular formula is C28H29N5O. The minimum absolute atomic E-state index is 0.413. The van der Waals surface area contributed by atoms with E-state index >= 15 is 0 Å². The maximum absolute atomic E-state index is 11.4. The van der Waals surface area contributed by atoms with Gasteiger partial charge in [-0.05, 0) is 79.1 Å². The predicted molar refractivity (Wildman–Crippen MR) is 138 cm³/mol. The van der Waals surface area contributed by atoms with Crippen molar-refractivity contribution in [3.05, 3.63) is 84.6 Å². The average molecular weight is 452 g/mol. The molecule has 0 bridgehead atoms. The van der Waals surface area contributed by atoms with Gasteiger partial charge in [-0.15, -0.1) is 0 Å². The molecule has 3 heterocycles. The fourth-order valence-electron chi connectivity index (χ4n) is 4.98. The molecule has 2 aromatic heterocycles. The number of benzene rings is 2. The van der Waals surface area contributed by atoms with Gasteiger partial charge in [0.15, 0.2) is 0 Å². The molecule has 1 amide bonds. The second-order valence-electron chi connectivity index (χ2n) is 9.26. The lowest BCUT2D eigenvalue weighted by atomic mass is 10.1. The number of piperazine rings is 1. The summed E-state index contributed by atoms with van der Waals surface area (Å²) in [6, 6.07) is 25.4. The molecule has 0 spiro atoms. The maximum atomic E-state index is 11.4. The van der Waals surface area contributed by atoms with Crippen molar-refractivity contribution in [1.29, 1.82) is 0 Å². The highest BCUT2D eigenvalue weighted by Crippen LogP contribution is 2.31. The van der Waals surface area contributed by atoms with Gasteiger partial charge in [0.05, 0.1) is 16.9 Å². The van der Waals surface area contributed by atoms with Gasteiger partial charge in [-0.25, -0.2) is 0 Å². The Labute approximate surface area is 199 Å². The molecule has 4 aromatic rings. The number of hydrogen-bond acceptors (Lipinski definition) is 4. The second kappa shape index (κ2) is 8.54. The van der Waals surface area contributed by atoms with Crippen molar-refractivity contribution < 1.29 is 4.79 Å². The largest absolute Gasteiger partial charge is 0.369 e. The van der Waals surface area contributed by atoms with Crippen LogP contribution >= 0.6 is 0 Å². The number of primary amides is 1. The quantitative estimate of drug-likeness (QED) is 0.445. The van der Waals surface area contributed by atoms with E-state index < -0.39 is 5.91 Å². The van der Waals surface area contributed by atoms with E-state index in [9.17, 15) is 4.79 Å². The van der Waals surface area contributed by atoms with E-state index in [4.69, 9.17) is 5.73 Å². The molecule has 34 heavy (non-hydrogen) atoms. The summed E-state index contributed by atoms with van der Waals surface area (Å²) < 4.78 is 2.16. The molecule has 0 radical (unpaired) electrons. The molecule has 1 aliphatic carbocycles. The van der Waals surface area contributed by atoms with Gasteiger partial charge >= 0.3 is 0 Å². The third-order valence-corrected chi connectivity index (χ3v) is 7.05. The number of carbonyl (C=O) groups excluding carboxylic acids is 1. The fourth-order valence-corrected chi connectivity index (χ4v) is 4.98. The van der Waals surface area contributed by atoms with Crippen LogP contribution in [0.3, 0.4) is 0 Å². The van der Waals surface area contributed by atoms with Crippen LogP contribution in [0.5, 0.6) is 0 Å². The van der Waals surface area contributed by atoms with E-state index in [1.807, 2.05) is 18.2 Å². The molecule has 3 N–H and O–H groups in total. The summed E-state index contributed by atoms with van der Waals surface area (Å²) in [5, 5.41) is 3.59. The lowest BCUT2D eigenvalue weighted by molar-refractivity contribution is 0.100. The van der Waals surface area contributed by atoms with Crippen LogP contribution in [0.25, 0.3) is 16.8 Å². The van der Waals surface area contributed by atoms with Gasteiger partial charge in [-0.2, -0.15) is 0 Å². The summed E-state index contributed by atoms with van der Waals surface area (Å²) in [5.74, 6) is -0.413. The van der Waals surface area contributed by atoms with E-state index in [0.29, 0.717) is 5.56 Å². The first-order valence-corrected chi connectivity index (χ1v) is 12.0. The number of nitrogens with one attached hydrogen (secondary N) is 1. The van der Waals surface area contributed by atoms with Crippen LogP contribution in [-0.2, 0) is 0 Å². The van der Waals surface area contributed by atoms with Gasteiger partial charge in [0.1, 0.15) is 0 Å². The van der Waals surface area contributed by atoms with Crippen molar-refractivity contribution in [2.75, 3.05) is 36.4 Å². The Balaban J connectivity index is 1.19. The first kappa shape index (κ1) is 20.8. The van der Waals surface area contributed by atoms with Gasteiger partial charge in [0.2, 0.25) is 5.91 Å². The summed E-state index contributed by atoms with van der Waals surface area (Å²) in [6.45, 7) is 4.56. The van der Waals surface area contributed by atoms with Crippen molar-refractivity contribution >= 4 is 28.5 Å². The average Bonchev–Trinajstić information content (AvgIpc) is 3.61. The zero-order valence-electron chi connectivity index (χ0n) is 19.2. The van der Waals surface area contributed by atoms with Crippen LogP contribution < -0.4 is 16.0 Å². The number of hydrogen-bond donors (Lipinski definition) is 2. The third kappa shape index (κ3) is 4.01. The number of nitrogens with two attached hydrogens (primary N) is 1.